The molecule has 2 fully saturated rings. The third-order valence-electron chi connectivity index (χ3n) is 4.64. The second-order valence-corrected chi connectivity index (χ2v) is 5.40. The lowest BCUT2D eigenvalue weighted by Crippen LogP contribution is -2.46. The van der Waals surface area contributed by atoms with Crippen molar-refractivity contribution in [3.05, 3.63) is 35.6 Å². The molecule has 3 unspecified atom stereocenters. The Kier molecular flexibility index (Phi) is 2.25. The number of carbonyl (C=O) groups excluding carboxylic acids is 1. The molecule has 3 heteroatoms. The normalized spacial score (nSPS) is 35.1. The average molecular weight is 233 g/mol. The summed E-state index contributed by atoms with van der Waals surface area (Å²) in [6.07, 6.45) is 3.92. The van der Waals surface area contributed by atoms with Crippen molar-refractivity contribution in [3.8, 4) is 0 Å². The number of halogens is 1. The number of amides is 1. The molecule has 0 heterocycles. The third-order valence-corrected chi connectivity index (χ3v) is 4.64. The van der Waals surface area contributed by atoms with Crippen LogP contribution in [0.25, 0.3) is 0 Å². The molecule has 0 radical (unpaired) electrons. The molecule has 1 amide bonds. The van der Waals surface area contributed by atoms with Crippen LogP contribution in [0.1, 0.15) is 31.2 Å². The molecule has 0 saturated heterocycles. The molecule has 3 rings (SSSR count). The van der Waals surface area contributed by atoms with Gasteiger partial charge in [-0.2, -0.15) is 0 Å². The van der Waals surface area contributed by atoms with Gasteiger partial charge in [-0.1, -0.05) is 24.6 Å². The van der Waals surface area contributed by atoms with E-state index < -0.39 is 5.41 Å². The number of nitrogens with two attached hydrogens (primary N) is 1. The minimum Gasteiger partial charge on any atom is -0.369 e. The van der Waals surface area contributed by atoms with Gasteiger partial charge in [0, 0.05) is 5.56 Å². The minimum atomic E-state index is -0.742. The molecule has 90 valence electrons. The SMILES string of the molecule is NC(=O)C1(c2ccccc2F)CC2CCC1C2. The Morgan fingerprint density at radius 1 is 1.35 bits per heavy atom. The average Bonchev–Trinajstić information content (AvgIpc) is 2.89. The van der Waals surface area contributed by atoms with Crippen LogP contribution < -0.4 is 5.73 Å². The summed E-state index contributed by atoms with van der Waals surface area (Å²) < 4.78 is 14.0. The van der Waals surface area contributed by atoms with Crippen LogP contribution in [-0.2, 0) is 10.2 Å². The number of hydrogen-bond acceptors (Lipinski definition) is 1. The summed E-state index contributed by atoms with van der Waals surface area (Å²) in [5.41, 5.74) is 5.39. The molecule has 17 heavy (non-hydrogen) atoms. The first-order valence-electron chi connectivity index (χ1n) is 6.19. The second-order valence-electron chi connectivity index (χ2n) is 5.40. The lowest BCUT2D eigenvalue weighted by molar-refractivity contribution is -0.125. The lowest BCUT2D eigenvalue weighted by Gasteiger charge is -2.35. The molecular formula is C14H16FNO. The summed E-state index contributed by atoms with van der Waals surface area (Å²) in [7, 11) is 0. The fraction of sp³-hybridized carbons (Fsp3) is 0.500. The highest BCUT2D eigenvalue weighted by atomic mass is 19.1. The molecule has 0 aromatic heterocycles. The van der Waals surface area contributed by atoms with E-state index in [4.69, 9.17) is 5.73 Å². The van der Waals surface area contributed by atoms with Crippen LogP contribution in [0, 0.1) is 17.7 Å². The summed E-state index contributed by atoms with van der Waals surface area (Å²) in [6.45, 7) is 0. The first-order chi connectivity index (χ1) is 8.14. The molecule has 2 nitrogen and oxygen atoms in total. The van der Waals surface area contributed by atoms with Crippen molar-refractivity contribution < 1.29 is 9.18 Å². The summed E-state index contributed by atoms with van der Waals surface area (Å²) in [5, 5.41) is 0. The molecule has 2 saturated carbocycles. The molecule has 1 aromatic rings. The van der Waals surface area contributed by atoms with E-state index >= 15 is 0 Å². The molecule has 1 aromatic carbocycles. The maximum Gasteiger partial charge on any atom is 0.228 e. The van der Waals surface area contributed by atoms with Gasteiger partial charge in [0.05, 0.1) is 5.41 Å². The van der Waals surface area contributed by atoms with E-state index in [1.54, 1.807) is 18.2 Å². The van der Waals surface area contributed by atoms with Crippen molar-refractivity contribution in [1.29, 1.82) is 0 Å². The maximum absolute atomic E-state index is 14.0. The van der Waals surface area contributed by atoms with Crippen LogP contribution >= 0.6 is 0 Å². The highest BCUT2D eigenvalue weighted by molar-refractivity contribution is 5.88. The summed E-state index contributed by atoms with van der Waals surface area (Å²) in [5.74, 6) is 0.141. The van der Waals surface area contributed by atoms with Crippen molar-refractivity contribution in [1.82, 2.24) is 0 Å². The number of benzene rings is 1. The fourth-order valence-corrected chi connectivity index (χ4v) is 3.92. The van der Waals surface area contributed by atoms with Gasteiger partial charge in [0.15, 0.2) is 0 Å². The number of fused-ring (bicyclic) bond motifs is 2. The van der Waals surface area contributed by atoms with E-state index in [1.165, 1.54) is 6.07 Å². The first-order valence-corrected chi connectivity index (χ1v) is 6.19. The lowest BCUT2D eigenvalue weighted by atomic mass is 9.67. The predicted molar refractivity (Wildman–Crippen MR) is 62.7 cm³/mol. The summed E-state index contributed by atoms with van der Waals surface area (Å²) in [6, 6.07) is 6.59. The van der Waals surface area contributed by atoms with Crippen LogP contribution in [0.4, 0.5) is 4.39 Å². The Morgan fingerprint density at radius 2 is 2.12 bits per heavy atom. The number of rotatable bonds is 2. The molecular weight excluding hydrogens is 217 g/mol. The zero-order valence-electron chi connectivity index (χ0n) is 9.66. The minimum absolute atomic E-state index is 0.238. The Morgan fingerprint density at radius 3 is 2.65 bits per heavy atom. The number of hydrogen-bond donors (Lipinski definition) is 1. The Balaban J connectivity index is 2.14. The van der Waals surface area contributed by atoms with Crippen LogP contribution in [-0.4, -0.2) is 5.91 Å². The Hall–Kier alpha value is -1.38. The van der Waals surface area contributed by atoms with Crippen LogP contribution in [0.5, 0.6) is 0 Å². The van der Waals surface area contributed by atoms with Gasteiger partial charge in [0.25, 0.3) is 0 Å². The van der Waals surface area contributed by atoms with Gasteiger partial charge in [-0.25, -0.2) is 4.39 Å². The van der Waals surface area contributed by atoms with Crippen LogP contribution in [0.3, 0.4) is 0 Å². The van der Waals surface area contributed by atoms with Crippen molar-refractivity contribution in [2.75, 3.05) is 0 Å². The van der Waals surface area contributed by atoms with Gasteiger partial charge < -0.3 is 5.73 Å². The number of carbonyl (C=O) groups is 1. The zero-order valence-corrected chi connectivity index (χ0v) is 9.66. The van der Waals surface area contributed by atoms with E-state index in [1.807, 2.05) is 0 Å². The smallest absolute Gasteiger partial charge is 0.228 e. The molecule has 2 aliphatic carbocycles. The van der Waals surface area contributed by atoms with Gasteiger partial charge in [0.2, 0.25) is 5.91 Å². The molecule has 0 spiro atoms. The fourth-order valence-electron chi connectivity index (χ4n) is 3.92. The Labute approximate surface area is 100 Å². The van der Waals surface area contributed by atoms with Gasteiger partial charge in [0.1, 0.15) is 5.82 Å². The molecule has 0 aliphatic heterocycles. The third kappa shape index (κ3) is 1.34. The Bertz CT molecular complexity index is 473. The molecule has 3 atom stereocenters. The predicted octanol–water partition coefficient (Wildman–Crippen LogP) is 2.37. The van der Waals surface area contributed by atoms with Crippen LogP contribution in [0.15, 0.2) is 24.3 Å². The summed E-state index contributed by atoms with van der Waals surface area (Å²) >= 11 is 0. The standard InChI is InChI=1S/C14H16FNO/c15-12-4-2-1-3-11(12)14(13(16)17)8-9-5-6-10(14)7-9/h1-4,9-10H,5-8H2,(H2,16,17). The highest BCUT2D eigenvalue weighted by Gasteiger charge is 2.56. The van der Waals surface area contributed by atoms with E-state index in [0.717, 1.165) is 25.7 Å². The quantitative estimate of drug-likeness (QED) is 0.837. The zero-order chi connectivity index (χ0) is 12.0. The van der Waals surface area contributed by atoms with E-state index in [2.05, 4.69) is 0 Å². The van der Waals surface area contributed by atoms with Gasteiger partial charge in [-0.05, 0) is 37.2 Å². The van der Waals surface area contributed by atoms with E-state index in [-0.39, 0.29) is 17.6 Å². The van der Waals surface area contributed by atoms with Crippen molar-refractivity contribution in [2.24, 2.45) is 17.6 Å². The maximum atomic E-state index is 14.0. The highest BCUT2D eigenvalue weighted by Crippen LogP contribution is 2.57. The van der Waals surface area contributed by atoms with Gasteiger partial charge in [-0.15, -0.1) is 0 Å². The van der Waals surface area contributed by atoms with Crippen molar-refractivity contribution >= 4 is 5.91 Å². The largest absolute Gasteiger partial charge is 0.369 e. The monoisotopic (exact) mass is 233 g/mol. The van der Waals surface area contributed by atoms with Gasteiger partial charge >= 0.3 is 0 Å². The van der Waals surface area contributed by atoms with Crippen molar-refractivity contribution in [3.63, 3.8) is 0 Å². The number of primary amides is 1. The van der Waals surface area contributed by atoms with E-state index in [9.17, 15) is 9.18 Å². The first kappa shape index (κ1) is 10.8. The van der Waals surface area contributed by atoms with Crippen molar-refractivity contribution in [2.45, 2.75) is 31.1 Å². The van der Waals surface area contributed by atoms with Gasteiger partial charge in [-0.3, -0.25) is 4.79 Å². The molecule has 2 bridgehead atoms. The summed E-state index contributed by atoms with van der Waals surface area (Å²) in [4.78, 5) is 11.9. The topological polar surface area (TPSA) is 43.1 Å². The van der Waals surface area contributed by atoms with E-state index in [0.29, 0.717) is 11.5 Å². The van der Waals surface area contributed by atoms with Crippen LogP contribution in [0.2, 0.25) is 0 Å². The molecule has 2 aliphatic rings. The second kappa shape index (κ2) is 3.56. The molecule has 2 N–H and O–H groups in total.